The molecule has 0 aliphatic rings. The minimum absolute atomic E-state index is 0.0206. The van der Waals surface area contributed by atoms with Gasteiger partial charge in [-0.1, -0.05) is 30.3 Å². The van der Waals surface area contributed by atoms with Crippen LogP contribution < -0.4 is 5.56 Å². The number of imidazole rings is 1. The van der Waals surface area contributed by atoms with E-state index in [1.807, 2.05) is 43.5 Å². The largest absolute Gasteiger partial charge is 0.323 e. The van der Waals surface area contributed by atoms with E-state index in [9.17, 15) is 4.79 Å². The zero-order valence-electron chi connectivity index (χ0n) is 10.7. The summed E-state index contributed by atoms with van der Waals surface area (Å²) in [4.78, 5) is 19.9. The second-order valence-electron chi connectivity index (χ2n) is 4.28. The Morgan fingerprint density at radius 2 is 2.00 bits per heavy atom. The number of rotatable bonds is 2. The number of nitrogens with one attached hydrogen (secondary N) is 1. The quantitative estimate of drug-likeness (QED) is 0.576. The van der Waals surface area contributed by atoms with E-state index in [-0.39, 0.29) is 5.56 Å². The van der Waals surface area contributed by atoms with Gasteiger partial charge in [-0.3, -0.25) is 9.20 Å². The molecule has 2 aromatic heterocycles. The Balaban J connectivity index is 2.27. The van der Waals surface area contributed by atoms with Gasteiger partial charge in [0.2, 0.25) is 5.78 Å². The van der Waals surface area contributed by atoms with Gasteiger partial charge in [-0.25, -0.2) is 4.98 Å². The molecule has 1 N–H and O–H groups in total. The average molecular weight is 271 g/mol. The van der Waals surface area contributed by atoms with E-state index in [1.54, 1.807) is 10.6 Å². The highest BCUT2D eigenvalue weighted by atomic mass is 32.2. The molecule has 0 atom stereocenters. The summed E-state index contributed by atoms with van der Waals surface area (Å²) < 4.78 is 1.57. The minimum Gasteiger partial charge on any atom is -0.323 e. The molecule has 0 saturated heterocycles. The Hall–Kier alpha value is -2.01. The molecular formula is C14H13N3OS. The van der Waals surface area contributed by atoms with Crippen LogP contribution in [0.15, 0.2) is 46.3 Å². The van der Waals surface area contributed by atoms with Crippen LogP contribution >= 0.6 is 11.8 Å². The van der Waals surface area contributed by atoms with Crippen molar-refractivity contribution in [2.45, 2.75) is 11.9 Å². The minimum atomic E-state index is -0.0206. The molecule has 19 heavy (non-hydrogen) atoms. The normalized spacial score (nSPS) is 11.1. The van der Waals surface area contributed by atoms with E-state index in [4.69, 9.17) is 0 Å². The van der Waals surface area contributed by atoms with Crippen LogP contribution in [0.5, 0.6) is 0 Å². The van der Waals surface area contributed by atoms with Crippen LogP contribution in [-0.4, -0.2) is 20.6 Å². The molecule has 96 valence electrons. The highest BCUT2D eigenvalue weighted by molar-refractivity contribution is 7.98. The predicted molar refractivity (Wildman–Crippen MR) is 77.8 cm³/mol. The lowest BCUT2D eigenvalue weighted by Gasteiger charge is -2.00. The molecule has 0 bridgehead atoms. The molecule has 0 amide bonds. The number of aromatic nitrogens is 3. The maximum atomic E-state index is 12.2. The van der Waals surface area contributed by atoms with Crippen LogP contribution in [0.2, 0.25) is 0 Å². The van der Waals surface area contributed by atoms with Gasteiger partial charge in [0.1, 0.15) is 5.03 Å². The monoisotopic (exact) mass is 271 g/mol. The maximum Gasteiger partial charge on any atom is 0.263 e. The van der Waals surface area contributed by atoms with Crippen molar-refractivity contribution in [1.29, 1.82) is 0 Å². The second-order valence-corrected chi connectivity index (χ2v) is 5.07. The van der Waals surface area contributed by atoms with Crippen molar-refractivity contribution in [3.8, 4) is 11.3 Å². The highest BCUT2D eigenvalue weighted by Gasteiger charge is 2.11. The third-order valence-electron chi connectivity index (χ3n) is 3.08. The van der Waals surface area contributed by atoms with Gasteiger partial charge in [-0.15, -0.1) is 11.8 Å². The summed E-state index contributed by atoms with van der Waals surface area (Å²) >= 11 is 1.49. The van der Waals surface area contributed by atoms with E-state index < -0.39 is 0 Å². The van der Waals surface area contributed by atoms with Crippen LogP contribution in [0.25, 0.3) is 17.0 Å². The molecule has 0 spiro atoms. The van der Waals surface area contributed by atoms with Crippen LogP contribution in [0.4, 0.5) is 0 Å². The number of H-pyrrole nitrogens is 1. The van der Waals surface area contributed by atoms with E-state index in [2.05, 4.69) is 9.97 Å². The molecule has 0 saturated carbocycles. The highest BCUT2D eigenvalue weighted by Crippen LogP contribution is 2.19. The summed E-state index contributed by atoms with van der Waals surface area (Å²) in [7, 11) is 0. The first-order valence-electron chi connectivity index (χ1n) is 5.92. The molecule has 2 heterocycles. The van der Waals surface area contributed by atoms with Gasteiger partial charge in [-0.05, 0) is 18.7 Å². The molecule has 0 aliphatic carbocycles. The first-order valence-corrected chi connectivity index (χ1v) is 7.14. The summed E-state index contributed by atoms with van der Waals surface area (Å²) in [5, 5.41) is 0.770. The SMILES string of the molecule is CSc1nc2[nH]c(-c3ccccc3)cn2c(=O)c1C. The number of fused-ring (bicyclic) bond motifs is 1. The van der Waals surface area contributed by atoms with Crippen LogP contribution in [0.3, 0.4) is 0 Å². The molecule has 4 nitrogen and oxygen atoms in total. The Morgan fingerprint density at radius 3 is 2.68 bits per heavy atom. The molecule has 1 aromatic carbocycles. The number of benzene rings is 1. The Bertz CT molecular complexity index is 790. The third-order valence-corrected chi connectivity index (χ3v) is 3.86. The van der Waals surface area contributed by atoms with E-state index in [0.717, 1.165) is 16.3 Å². The number of nitrogens with zero attached hydrogens (tertiary/aromatic N) is 2. The van der Waals surface area contributed by atoms with Crippen molar-refractivity contribution in [3.63, 3.8) is 0 Å². The smallest absolute Gasteiger partial charge is 0.263 e. The number of aromatic amines is 1. The fourth-order valence-corrected chi connectivity index (χ4v) is 2.63. The van der Waals surface area contributed by atoms with Gasteiger partial charge in [0.25, 0.3) is 5.56 Å². The lowest BCUT2D eigenvalue weighted by molar-refractivity contribution is 0.949. The van der Waals surface area contributed by atoms with Crippen molar-refractivity contribution in [2.75, 3.05) is 6.26 Å². The Kier molecular flexibility index (Phi) is 2.91. The van der Waals surface area contributed by atoms with Crippen molar-refractivity contribution in [1.82, 2.24) is 14.4 Å². The lowest BCUT2D eigenvalue weighted by Crippen LogP contribution is -2.17. The average Bonchev–Trinajstić information content (AvgIpc) is 2.88. The summed E-state index contributed by atoms with van der Waals surface area (Å²) in [6.45, 7) is 1.81. The van der Waals surface area contributed by atoms with Gasteiger partial charge >= 0.3 is 0 Å². The summed E-state index contributed by atoms with van der Waals surface area (Å²) in [5.41, 5.74) is 2.59. The topological polar surface area (TPSA) is 50.2 Å². The zero-order chi connectivity index (χ0) is 13.4. The fourth-order valence-electron chi connectivity index (χ4n) is 2.06. The number of thioether (sulfide) groups is 1. The molecule has 0 aliphatic heterocycles. The first-order chi connectivity index (χ1) is 9.20. The van der Waals surface area contributed by atoms with E-state index >= 15 is 0 Å². The van der Waals surface area contributed by atoms with Gasteiger partial charge < -0.3 is 4.98 Å². The molecule has 5 heteroatoms. The van der Waals surface area contributed by atoms with Crippen molar-refractivity contribution < 1.29 is 0 Å². The third kappa shape index (κ3) is 1.96. The van der Waals surface area contributed by atoms with Crippen molar-refractivity contribution >= 4 is 17.5 Å². The lowest BCUT2D eigenvalue weighted by atomic mass is 10.2. The summed E-state index contributed by atoms with van der Waals surface area (Å²) in [6, 6.07) is 9.90. The van der Waals surface area contributed by atoms with E-state index in [0.29, 0.717) is 11.3 Å². The van der Waals surface area contributed by atoms with Gasteiger partial charge in [0.05, 0.1) is 5.69 Å². The molecule has 0 radical (unpaired) electrons. The Labute approximate surface area is 114 Å². The summed E-state index contributed by atoms with van der Waals surface area (Å²) in [6.07, 6.45) is 3.73. The summed E-state index contributed by atoms with van der Waals surface area (Å²) in [5.74, 6) is 0.582. The first kappa shape index (κ1) is 12.0. The molecular weight excluding hydrogens is 258 g/mol. The second kappa shape index (κ2) is 4.59. The standard InChI is InChI=1S/C14H13N3OS/c1-9-12(19-2)16-14-15-11(8-17(14)13(9)18)10-6-4-3-5-7-10/h3-8H,1-2H3,(H,15,16). The number of hydrogen-bond acceptors (Lipinski definition) is 3. The van der Waals surface area contributed by atoms with Gasteiger partial charge in [0.15, 0.2) is 0 Å². The van der Waals surface area contributed by atoms with Crippen LogP contribution in [0.1, 0.15) is 5.56 Å². The van der Waals surface area contributed by atoms with Gasteiger partial charge in [-0.2, -0.15) is 0 Å². The molecule has 0 unspecified atom stereocenters. The fraction of sp³-hybridized carbons (Fsp3) is 0.143. The Morgan fingerprint density at radius 1 is 1.26 bits per heavy atom. The van der Waals surface area contributed by atoms with Crippen molar-refractivity contribution in [2.24, 2.45) is 0 Å². The van der Waals surface area contributed by atoms with E-state index in [1.165, 1.54) is 11.8 Å². The van der Waals surface area contributed by atoms with Crippen LogP contribution in [-0.2, 0) is 0 Å². The zero-order valence-corrected chi connectivity index (χ0v) is 11.5. The molecule has 0 fully saturated rings. The predicted octanol–water partition coefficient (Wildman–Crippen LogP) is 2.72. The number of hydrogen-bond donors (Lipinski definition) is 1. The molecule has 3 aromatic rings. The van der Waals surface area contributed by atoms with Crippen LogP contribution in [0, 0.1) is 6.92 Å². The van der Waals surface area contributed by atoms with Gasteiger partial charge in [0, 0.05) is 11.8 Å². The van der Waals surface area contributed by atoms with Crippen molar-refractivity contribution in [3.05, 3.63) is 52.4 Å². The molecule has 3 rings (SSSR count). The maximum absolute atomic E-state index is 12.2.